The van der Waals surface area contributed by atoms with E-state index in [4.69, 9.17) is 6.42 Å². The van der Waals surface area contributed by atoms with Gasteiger partial charge in [0.25, 0.3) is 0 Å². The number of nitrogens with one attached hydrogen (secondary N) is 1. The predicted molar refractivity (Wildman–Crippen MR) is 65.6 cm³/mol. The van der Waals surface area contributed by atoms with Gasteiger partial charge in [0.2, 0.25) is 0 Å². The number of hydrogen-bond acceptors (Lipinski definition) is 1. The Morgan fingerprint density at radius 1 is 1.40 bits per heavy atom. The minimum atomic E-state index is -1.06. The Labute approximate surface area is 95.8 Å². The molecule has 0 amide bonds. The molecule has 15 heavy (non-hydrogen) atoms. The van der Waals surface area contributed by atoms with E-state index >= 15 is 0 Å². The second-order valence-electron chi connectivity index (χ2n) is 5.19. The molecular weight excluding hydrogens is 206 g/mol. The van der Waals surface area contributed by atoms with E-state index in [2.05, 4.69) is 10.6 Å². The molecule has 2 unspecified atom stereocenters. The van der Waals surface area contributed by atoms with Gasteiger partial charge in [-0.3, -0.25) is 0 Å². The molecule has 0 aromatic rings. The summed E-state index contributed by atoms with van der Waals surface area (Å²) >= 11 is 0. The second-order valence-corrected chi connectivity index (χ2v) is 7.19. The van der Waals surface area contributed by atoms with Crippen molar-refractivity contribution in [2.75, 3.05) is 0 Å². The molecule has 0 aliphatic heterocycles. The highest BCUT2D eigenvalue weighted by Gasteiger charge is 2.28. The van der Waals surface area contributed by atoms with Crippen molar-refractivity contribution in [3.05, 3.63) is 0 Å². The van der Waals surface area contributed by atoms with E-state index in [9.17, 15) is 4.21 Å². The first-order valence-corrected chi connectivity index (χ1v) is 6.74. The van der Waals surface area contributed by atoms with E-state index in [1.54, 1.807) is 0 Å². The molecule has 3 heteroatoms. The molecule has 0 radical (unpaired) electrons. The average Bonchev–Trinajstić information content (AvgIpc) is 2.64. The Hall–Kier alpha value is -0.330. The van der Waals surface area contributed by atoms with Crippen molar-refractivity contribution in [3.63, 3.8) is 0 Å². The molecule has 2 atom stereocenters. The zero-order valence-electron chi connectivity index (χ0n) is 9.88. The minimum Gasteiger partial charge on any atom is -0.242 e. The summed E-state index contributed by atoms with van der Waals surface area (Å²) in [7, 11) is -1.06. The van der Waals surface area contributed by atoms with Crippen LogP contribution in [-0.2, 0) is 11.0 Å². The van der Waals surface area contributed by atoms with E-state index in [0.717, 1.165) is 0 Å². The molecule has 0 aromatic carbocycles. The van der Waals surface area contributed by atoms with Gasteiger partial charge >= 0.3 is 0 Å². The second kappa shape index (κ2) is 5.14. The molecule has 0 aromatic heterocycles. The largest absolute Gasteiger partial charge is 0.242 e. The molecule has 1 fully saturated rings. The van der Waals surface area contributed by atoms with Crippen molar-refractivity contribution < 1.29 is 4.21 Å². The molecule has 86 valence electrons. The number of hydrogen-bond donors (Lipinski definition) is 1. The van der Waals surface area contributed by atoms with E-state index in [-0.39, 0.29) is 10.8 Å². The quantitative estimate of drug-likeness (QED) is 0.736. The Bertz CT molecular complexity index is 268. The first kappa shape index (κ1) is 12.7. The van der Waals surface area contributed by atoms with E-state index in [0.29, 0.717) is 5.92 Å². The van der Waals surface area contributed by atoms with Crippen LogP contribution in [0.4, 0.5) is 0 Å². The molecule has 0 heterocycles. The van der Waals surface area contributed by atoms with Crippen LogP contribution in [0.5, 0.6) is 0 Å². The summed E-state index contributed by atoms with van der Waals surface area (Å²) in [6.45, 7) is 5.87. The first-order valence-electron chi connectivity index (χ1n) is 5.59. The van der Waals surface area contributed by atoms with Crippen molar-refractivity contribution in [3.8, 4) is 12.3 Å². The van der Waals surface area contributed by atoms with Gasteiger partial charge in [-0.05, 0) is 39.5 Å². The molecule has 0 bridgehead atoms. The van der Waals surface area contributed by atoms with Crippen molar-refractivity contribution in [2.45, 2.75) is 57.2 Å². The third-order valence-corrected chi connectivity index (χ3v) is 4.42. The highest BCUT2D eigenvalue weighted by Crippen LogP contribution is 2.28. The van der Waals surface area contributed by atoms with Crippen LogP contribution in [0.2, 0.25) is 0 Å². The molecule has 1 N–H and O–H groups in total. The van der Waals surface area contributed by atoms with Crippen molar-refractivity contribution >= 4 is 11.0 Å². The highest BCUT2D eigenvalue weighted by atomic mass is 32.2. The van der Waals surface area contributed by atoms with E-state index < -0.39 is 11.0 Å². The maximum Gasteiger partial charge on any atom is 0.0981 e. The lowest BCUT2D eigenvalue weighted by Gasteiger charge is -2.24. The molecule has 0 spiro atoms. The predicted octanol–water partition coefficient (Wildman–Crippen LogP) is 2.23. The molecule has 1 aliphatic carbocycles. The van der Waals surface area contributed by atoms with Crippen LogP contribution < -0.4 is 4.72 Å². The van der Waals surface area contributed by atoms with Crippen LogP contribution in [0.15, 0.2) is 0 Å². The summed E-state index contributed by atoms with van der Waals surface area (Å²) in [5.74, 6) is 3.26. The van der Waals surface area contributed by atoms with Crippen LogP contribution in [0, 0.1) is 18.3 Å². The normalized spacial score (nSPS) is 22.3. The molecule has 0 saturated heterocycles. The van der Waals surface area contributed by atoms with Crippen molar-refractivity contribution in [1.29, 1.82) is 0 Å². The Kier molecular flexibility index (Phi) is 4.36. The van der Waals surface area contributed by atoms with Gasteiger partial charge in [0, 0.05) is 0 Å². The minimum absolute atomic E-state index is 0.0208. The van der Waals surface area contributed by atoms with Crippen LogP contribution in [0.25, 0.3) is 0 Å². The van der Waals surface area contributed by atoms with Gasteiger partial charge in [-0.25, -0.2) is 8.93 Å². The van der Waals surface area contributed by atoms with E-state index in [1.165, 1.54) is 25.7 Å². The van der Waals surface area contributed by atoms with Crippen LogP contribution in [-0.4, -0.2) is 15.0 Å². The first-order chi connectivity index (χ1) is 6.95. The zero-order chi connectivity index (χ0) is 11.5. The maximum absolute atomic E-state index is 11.9. The Morgan fingerprint density at radius 3 is 2.33 bits per heavy atom. The lowest BCUT2D eigenvalue weighted by atomic mass is 10.0. The number of rotatable bonds is 3. The molecule has 1 saturated carbocycles. The Balaban J connectivity index is 2.54. The lowest BCUT2D eigenvalue weighted by Crippen LogP contribution is -2.42. The maximum atomic E-state index is 11.9. The van der Waals surface area contributed by atoms with Crippen molar-refractivity contribution in [1.82, 2.24) is 4.72 Å². The monoisotopic (exact) mass is 227 g/mol. The summed E-state index contributed by atoms with van der Waals surface area (Å²) in [4.78, 5) is 0. The molecule has 1 aliphatic rings. The SMILES string of the molecule is C#CC(NS(=O)C(C)(C)C)C1CCCC1. The third-order valence-electron chi connectivity index (χ3n) is 2.84. The summed E-state index contributed by atoms with van der Waals surface area (Å²) in [5, 5.41) is 0. The van der Waals surface area contributed by atoms with Crippen LogP contribution >= 0.6 is 0 Å². The molecular formula is C12H21NOS. The van der Waals surface area contributed by atoms with Gasteiger partial charge in [-0.2, -0.15) is 0 Å². The summed E-state index contributed by atoms with van der Waals surface area (Å²) in [6, 6.07) is -0.0208. The summed E-state index contributed by atoms with van der Waals surface area (Å²) in [6.07, 6.45) is 10.4. The highest BCUT2D eigenvalue weighted by molar-refractivity contribution is 7.84. The third kappa shape index (κ3) is 3.62. The lowest BCUT2D eigenvalue weighted by molar-refractivity contribution is 0.472. The smallest absolute Gasteiger partial charge is 0.0981 e. The fourth-order valence-electron chi connectivity index (χ4n) is 1.85. The fraction of sp³-hybridized carbons (Fsp3) is 0.833. The van der Waals surface area contributed by atoms with Gasteiger partial charge in [0.1, 0.15) is 0 Å². The summed E-state index contributed by atoms with van der Waals surface area (Å²) in [5.41, 5.74) is 0. The molecule has 1 rings (SSSR count). The molecule has 2 nitrogen and oxygen atoms in total. The average molecular weight is 227 g/mol. The number of terminal acetylenes is 1. The fourth-order valence-corrected chi connectivity index (χ4v) is 2.69. The van der Waals surface area contributed by atoms with Gasteiger partial charge in [-0.15, -0.1) is 6.42 Å². The topological polar surface area (TPSA) is 29.1 Å². The van der Waals surface area contributed by atoms with Gasteiger partial charge in [0.15, 0.2) is 0 Å². The standard InChI is InChI=1S/C12H21NOS/c1-5-11(10-8-6-7-9-10)13-15(14)12(2,3)4/h1,10-11,13H,6-9H2,2-4H3. The zero-order valence-corrected chi connectivity index (χ0v) is 10.7. The Morgan fingerprint density at radius 2 is 1.93 bits per heavy atom. The van der Waals surface area contributed by atoms with Crippen molar-refractivity contribution in [2.24, 2.45) is 5.92 Å². The summed E-state index contributed by atoms with van der Waals surface area (Å²) < 4.78 is 14.7. The van der Waals surface area contributed by atoms with Crippen LogP contribution in [0.3, 0.4) is 0 Å². The van der Waals surface area contributed by atoms with Crippen LogP contribution in [0.1, 0.15) is 46.5 Å². The van der Waals surface area contributed by atoms with Gasteiger partial charge in [-0.1, -0.05) is 18.8 Å². The van der Waals surface area contributed by atoms with Gasteiger partial charge in [0.05, 0.1) is 21.8 Å². The van der Waals surface area contributed by atoms with E-state index in [1.807, 2.05) is 20.8 Å². The van der Waals surface area contributed by atoms with Gasteiger partial charge < -0.3 is 0 Å².